The van der Waals surface area contributed by atoms with Crippen LogP contribution in [-0.2, 0) is 9.53 Å². The summed E-state index contributed by atoms with van der Waals surface area (Å²) < 4.78 is 5.10. The Morgan fingerprint density at radius 2 is 2.22 bits per heavy atom. The van der Waals surface area contributed by atoms with Gasteiger partial charge in [-0.05, 0) is 31.9 Å². The van der Waals surface area contributed by atoms with Gasteiger partial charge in [-0.2, -0.15) is 0 Å². The zero-order chi connectivity index (χ0) is 13.4. The molecule has 0 atom stereocenters. The maximum atomic E-state index is 11.2. The third kappa shape index (κ3) is 5.51. The van der Waals surface area contributed by atoms with Crippen LogP contribution in [0.2, 0.25) is 0 Å². The van der Waals surface area contributed by atoms with E-state index in [0.717, 1.165) is 17.6 Å². The highest BCUT2D eigenvalue weighted by Gasteiger charge is 1.99. The third-order valence-electron chi connectivity index (χ3n) is 2.43. The first-order chi connectivity index (χ1) is 8.61. The van der Waals surface area contributed by atoms with Gasteiger partial charge in [-0.15, -0.1) is 5.73 Å². The molecule has 0 saturated heterocycles. The molecule has 0 bridgehead atoms. The topological polar surface area (TPSA) is 26.3 Å². The van der Waals surface area contributed by atoms with Crippen molar-refractivity contribution in [1.82, 2.24) is 0 Å². The van der Waals surface area contributed by atoms with Gasteiger partial charge < -0.3 is 4.74 Å². The highest BCUT2D eigenvalue weighted by Crippen LogP contribution is 2.06. The molecular weight excluding hydrogens is 224 g/mol. The van der Waals surface area contributed by atoms with Gasteiger partial charge in [-0.1, -0.05) is 36.8 Å². The van der Waals surface area contributed by atoms with Crippen LogP contribution in [0.15, 0.2) is 35.6 Å². The molecule has 0 aromatic heterocycles. The summed E-state index contributed by atoms with van der Waals surface area (Å²) in [5.74, 6) is -0.144. The average molecular weight is 244 g/mol. The van der Waals surface area contributed by atoms with E-state index in [1.54, 1.807) is 0 Å². The predicted molar refractivity (Wildman–Crippen MR) is 74.2 cm³/mol. The summed E-state index contributed by atoms with van der Waals surface area (Å²) in [7, 11) is 0. The fraction of sp³-hybridized carbons (Fsp3) is 0.375. The predicted octanol–water partition coefficient (Wildman–Crippen LogP) is 3.90. The van der Waals surface area contributed by atoms with Crippen LogP contribution in [0.5, 0.6) is 0 Å². The summed E-state index contributed by atoms with van der Waals surface area (Å²) in [6, 6.07) is 8.18. The monoisotopic (exact) mass is 244 g/mol. The minimum atomic E-state index is -0.144. The van der Waals surface area contributed by atoms with Gasteiger partial charge in [0.05, 0.1) is 0 Å². The number of hydrogen-bond donors (Lipinski definition) is 0. The van der Waals surface area contributed by atoms with Crippen LogP contribution in [-0.4, -0.2) is 12.6 Å². The summed E-state index contributed by atoms with van der Waals surface area (Å²) in [5, 5.41) is 0. The van der Waals surface area contributed by atoms with E-state index >= 15 is 0 Å². The Morgan fingerprint density at radius 3 is 2.89 bits per heavy atom. The standard InChI is InChI=1S/C16H20O2/c1-4-6-16(17)18-12-14(3)9-10-15-8-5-7-13(2)11-15/h5,7-8,10-11H,4,6,12H2,1-3H3. The molecule has 2 heteroatoms. The van der Waals surface area contributed by atoms with Crippen LogP contribution < -0.4 is 0 Å². The first kappa shape index (κ1) is 14.3. The molecule has 0 aliphatic rings. The molecule has 0 aliphatic carbocycles. The summed E-state index contributed by atoms with van der Waals surface area (Å²) in [5.41, 5.74) is 6.38. The summed E-state index contributed by atoms with van der Waals surface area (Å²) in [6.07, 6.45) is 3.21. The molecule has 0 amide bonds. The Hall–Kier alpha value is -1.79. The van der Waals surface area contributed by atoms with Gasteiger partial charge in [0.1, 0.15) is 6.61 Å². The number of hydrogen-bond acceptors (Lipinski definition) is 2. The molecule has 0 heterocycles. The van der Waals surface area contributed by atoms with Gasteiger partial charge in [0, 0.05) is 12.0 Å². The summed E-state index contributed by atoms with van der Waals surface area (Å²) in [4.78, 5) is 11.2. The van der Waals surface area contributed by atoms with Crippen LogP contribution in [0.4, 0.5) is 0 Å². The minimum absolute atomic E-state index is 0.144. The molecule has 0 unspecified atom stereocenters. The van der Waals surface area contributed by atoms with Crippen molar-refractivity contribution in [2.24, 2.45) is 0 Å². The number of esters is 1. The summed E-state index contributed by atoms with van der Waals surface area (Å²) >= 11 is 0. The van der Waals surface area contributed by atoms with E-state index in [2.05, 4.69) is 24.8 Å². The van der Waals surface area contributed by atoms with Crippen LogP contribution >= 0.6 is 0 Å². The molecule has 1 aromatic carbocycles. The Balaban J connectivity index is 2.57. The molecule has 0 spiro atoms. The number of aryl methyl sites for hydroxylation is 1. The van der Waals surface area contributed by atoms with Crippen LogP contribution in [0.25, 0.3) is 6.08 Å². The molecule has 0 radical (unpaired) electrons. The number of rotatable bonds is 5. The Bertz CT molecular complexity index is 466. The van der Waals surface area contributed by atoms with Crippen molar-refractivity contribution in [3.63, 3.8) is 0 Å². The number of carbonyl (C=O) groups is 1. The first-order valence-electron chi connectivity index (χ1n) is 6.26. The SMILES string of the molecule is CCCC(=O)OCC(C)=C=Cc1cccc(C)c1. The summed E-state index contributed by atoms with van der Waals surface area (Å²) in [6.45, 7) is 6.24. The number of ether oxygens (including phenoxy) is 1. The third-order valence-corrected chi connectivity index (χ3v) is 2.43. The molecule has 0 saturated carbocycles. The highest BCUT2D eigenvalue weighted by atomic mass is 16.5. The lowest BCUT2D eigenvalue weighted by Crippen LogP contribution is -2.05. The van der Waals surface area contributed by atoms with Crippen LogP contribution in [0, 0.1) is 6.92 Å². The number of carbonyl (C=O) groups excluding carboxylic acids is 1. The van der Waals surface area contributed by atoms with E-state index in [1.165, 1.54) is 5.56 Å². The molecule has 0 aliphatic heterocycles. The zero-order valence-corrected chi connectivity index (χ0v) is 11.3. The Labute approximate surface area is 109 Å². The maximum absolute atomic E-state index is 11.2. The molecule has 96 valence electrons. The zero-order valence-electron chi connectivity index (χ0n) is 11.3. The molecule has 0 N–H and O–H groups in total. The van der Waals surface area contributed by atoms with Gasteiger partial charge in [0.15, 0.2) is 0 Å². The lowest BCUT2D eigenvalue weighted by atomic mass is 10.1. The number of benzene rings is 1. The Kier molecular flexibility index (Phi) is 5.96. The van der Waals surface area contributed by atoms with Crippen molar-refractivity contribution >= 4 is 12.0 Å². The quantitative estimate of drug-likeness (QED) is 0.580. The second kappa shape index (κ2) is 7.52. The molecular formula is C16H20O2. The van der Waals surface area contributed by atoms with Crippen molar-refractivity contribution in [3.8, 4) is 0 Å². The maximum Gasteiger partial charge on any atom is 0.306 e. The van der Waals surface area contributed by atoms with E-state index < -0.39 is 0 Å². The normalized spacial score (nSPS) is 9.50. The molecule has 2 nitrogen and oxygen atoms in total. The highest BCUT2D eigenvalue weighted by molar-refractivity contribution is 5.69. The Morgan fingerprint density at radius 1 is 1.44 bits per heavy atom. The molecule has 1 rings (SSSR count). The lowest BCUT2D eigenvalue weighted by Gasteiger charge is -2.01. The van der Waals surface area contributed by atoms with E-state index in [0.29, 0.717) is 13.0 Å². The van der Waals surface area contributed by atoms with Gasteiger partial charge in [0.25, 0.3) is 0 Å². The minimum Gasteiger partial charge on any atom is -0.460 e. The van der Waals surface area contributed by atoms with Crippen molar-refractivity contribution in [3.05, 3.63) is 46.7 Å². The van der Waals surface area contributed by atoms with Gasteiger partial charge in [-0.25, -0.2) is 0 Å². The van der Waals surface area contributed by atoms with Gasteiger partial charge in [-0.3, -0.25) is 4.79 Å². The van der Waals surface area contributed by atoms with Crippen LogP contribution in [0.1, 0.15) is 37.8 Å². The van der Waals surface area contributed by atoms with Crippen LogP contribution in [0.3, 0.4) is 0 Å². The fourth-order valence-electron chi connectivity index (χ4n) is 1.47. The lowest BCUT2D eigenvalue weighted by molar-refractivity contribution is -0.142. The second-order valence-electron chi connectivity index (χ2n) is 4.39. The van der Waals surface area contributed by atoms with Crippen molar-refractivity contribution < 1.29 is 9.53 Å². The van der Waals surface area contributed by atoms with Gasteiger partial charge >= 0.3 is 5.97 Å². The molecule has 18 heavy (non-hydrogen) atoms. The van der Waals surface area contributed by atoms with Crippen molar-refractivity contribution in [2.75, 3.05) is 6.61 Å². The van der Waals surface area contributed by atoms with E-state index in [9.17, 15) is 4.79 Å². The second-order valence-corrected chi connectivity index (χ2v) is 4.39. The van der Waals surface area contributed by atoms with Gasteiger partial charge in [0.2, 0.25) is 0 Å². The van der Waals surface area contributed by atoms with Crippen molar-refractivity contribution in [2.45, 2.75) is 33.6 Å². The molecule has 0 fully saturated rings. The largest absolute Gasteiger partial charge is 0.460 e. The van der Waals surface area contributed by atoms with E-state index in [4.69, 9.17) is 4.74 Å². The molecule has 1 aromatic rings. The first-order valence-corrected chi connectivity index (χ1v) is 6.26. The fourth-order valence-corrected chi connectivity index (χ4v) is 1.47. The van der Waals surface area contributed by atoms with E-state index in [1.807, 2.05) is 32.1 Å². The smallest absolute Gasteiger partial charge is 0.306 e. The van der Waals surface area contributed by atoms with E-state index in [-0.39, 0.29) is 5.97 Å². The average Bonchev–Trinajstić information content (AvgIpc) is 2.34. The van der Waals surface area contributed by atoms with Crippen molar-refractivity contribution in [1.29, 1.82) is 0 Å².